The highest BCUT2D eigenvalue weighted by molar-refractivity contribution is 7.11. The molecule has 172 valence electrons. The molecule has 0 saturated carbocycles. The van der Waals surface area contributed by atoms with E-state index in [1.54, 1.807) is 42.1 Å². The largest absolute Gasteiger partial charge is 0.493 e. The molecule has 1 aliphatic rings. The molecule has 3 aromatic rings. The number of rotatable bonds is 6. The zero-order chi connectivity index (χ0) is 23.7. The highest BCUT2D eigenvalue weighted by atomic mass is 32.1. The van der Waals surface area contributed by atoms with E-state index < -0.39 is 12.0 Å². The van der Waals surface area contributed by atoms with E-state index in [0.29, 0.717) is 37.7 Å². The summed E-state index contributed by atoms with van der Waals surface area (Å²) in [5, 5.41) is 1.96. The lowest BCUT2D eigenvalue weighted by Crippen LogP contribution is -2.39. The van der Waals surface area contributed by atoms with E-state index in [4.69, 9.17) is 14.2 Å². The maximum Gasteiger partial charge on any atom is 0.338 e. The molecule has 0 spiro atoms. The van der Waals surface area contributed by atoms with Gasteiger partial charge in [0.2, 0.25) is 0 Å². The van der Waals surface area contributed by atoms with Gasteiger partial charge < -0.3 is 14.2 Å². The number of carbonyl (C=O) groups is 1. The Morgan fingerprint density at radius 3 is 2.64 bits per heavy atom. The number of hydrogen-bond acceptors (Lipinski definition) is 8. The number of fused-ring (bicyclic) bond motifs is 1. The summed E-state index contributed by atoms with van der Waals surface area (Å²) in [6, 6.07) is 8.59. The van der Waals surface area contributed by atoms with Crippen molar-refractivity contribution in [1.29, 1.82) is 0 Å². The summed E-state index contributed by atoms with van der Waals surface area (Å²) in [5.74, 6) is 0.567. The second kappa shape index (κ2) is 9.36. The van der Waals surface area contributed by atoms with Crippen molar-refractivity contribution in [3.8, 4) is 11.5 Å². The van der Waals surface area contributed by atoms with Crippen molar-refractivity contribution >= 4 is 34.7 Å². The lowest BCUT2D eigenvalue weighted by Gasteiger charge is -2.25. The van der Waals surface area contributed by atoms with Gasteiger partial charge in [-0.2, -0.15) is 0 Å². The molecule has 9 heteroatoms. The summed E-state index contributed by atoms with van der Waals surface area (Å²) in [5.41, 5.74) is 1.30. The van der Waals surface area contributed by atoms with Gasteiger partial charge in [-0.1, -0.05) is 23.5 Å². The van der Waals surface area contributed by atoms with Gasteiger partial charge in [0.25, 0.3) is 5.56 Å². The van der Waals surface area contributed by atoms with Gasteiger partial charge in [-0.05, 0) is 56.0 Å². The molecule has 1 aliphatic heterocycles. The number of esters is 1. The van der Waals surface area contributed by atoms with Crippen LogP contribution < -0.4 is 24.4 Å². The third-order valence-corrected chi connectivity index (χ3v) is 6.91. The van der Waals surface area contributed by atoms with Gasteiger partial charge in [0.05, 0.1) is 42.2 Å². The number of methoxy groups -OCH3 is 2. The fourth-order valence-corrected chi connectivity index (χ4v) is 5.49. The topological polar surface area (TPSA) is 79.1 Å². The van der Waals surface area contributed by atoms with Crippen LogP contribution in [0.4, 0.5) is 0 Å². The van der Waals surface area contributed by atoms with Gasteiger partial charge in [0, 0.05) is 4.88 Å². The predicted octanol–water partition coefficient (Wildman–Crippen LogP) is 3.27. The fourth-order valence-electron chi connectivity index (χ4n) is 3.72. The minimum Gasteiger partial charge on any atom is -0.493 e. The van der Waals surface area contributed by atoms with Gasteiger partial charge >= 0.3 is 5.97 Å². The number of nitrogens with zero attached hydrogens (tertiary/aromatic N) is 2. The first-order valence-corrected chi connectivity index (χ1v) is 12.0. The molecule has 0 N–H and O–H groups in total. The van der Waals surface area contributed by atoms with Crippen LogP contribution in [0.3, 0.4) is 0 Å². The van der Waals surface area contributed by atoms with E-state index in [1.165, 1.54) is 18.4 Å². The van der Waals surface area contributed by atoms with Crippen molar-refractivity contribution in [2.45, 2.75) is 32.9 Å². The molecule has 4 rings (SSSR count). The summed E-state index contributed by atoms with van der Waals surface area (Å²) in [6.07, 6.45) is 1.82. The van der Waals surface area contributed by atoms with E-state index in [1.807, 2.05) is 43.5 Å². The van der Waals surface area contributed by atoms with Gasteiger partial charge in [-0.25, -0.2) is 9.79 Å². The first-order valence-electron chi connectivity index (χ1n) is 10.3. The highest BCUT2D eigenvalue weighted by Crippen LogP contribution is 2.36. The summed E-state index contributed by atoms with van der Waals surface area (Å²) < 4.78 is 18.5. The van der Waals surface area contributed by atoms with Gasteiger partial charge in [-0.3, -0.25) is 9.36 Å². The molecule has 3 heterocycles. The normalized spacial score (nSPS) is 15.9. The van der Waals surface area contributed by atoms with E-state index in [-0.39, 0.29) is 11.7 Å². The SMILES string of the molecule is COC(=O)C1=C(C)N=c2s/c(=C/c3cccs3)c(=O)n2C1c1ccc(OC(C)C)c(OC)c1. The Bertz CT molecular complexity index is 1400. The molecule has 0 fully saturated rings. The lowest BCUT2D eigenvalue weighted by atomic mass is 9.95. The van der Waals surface area contributed by atoms with Crippen molar-refractivity contribution in [2.24, 2.45) is 4.99 Å². The Morgan fingerprint density at radius 1 is 1.21 bits per heavy atom. The molecule has 0 radical (unpaired) electrons. The van der Waals surface area contributed by atoms with E-state index in [2.05, 4.69) is 4.99 Å². The molecule has 0 saturated heterocycles. The first kappa shape index (κ1) is 23.0. The Balaban J connectivity index is 1.95. The number of carbonyl (C=O) groups excluding carboxylic acids is 1. The molecule has 1 unspecified atom stereocenters. The number of ether oxygens (including phenoxy) is 3. The predicted molar refractivity (Wildman–Crippen MR) is 129 cm³/mol. The smallest absolute Gasteiger partial charge is 0.338 e. The average molecular weight is 485 g/mol. The maximum atomic E-state index is 13.5. The Kier molecular flexibility index (Phi) is 6.53. The van der Waals surface area contributed by atoms with Crippen molar-refractivity contribution in [3.05, 3.63) is 77.1 Å². The molecule has 33 heavy (non-hydrogen) atoms. The Morgan fingerprint density at radius 2 is 2.00 bits per heavy atom. The number of allylic oxidation sites excluding steroid dienone is 1. The number of hydrogen-bond donors (Lipinski definition) is 0. The number of aromatic nitrogens is 1. The summed E-state index contributed by atoms with van der Waals surface area (Å²) >= 11 is 2.85. The van der Waals surface area contributed by atoms with Crippen LogP contribution in [0, 0.1) is 0 Å². The van der Waals surface area contributed by atoms with Crippen molar-refractivity contribution < 1.29 is 19.0 Å². The monoisotopic (exact) mass is 484 g/mol. The van der Waals surface area contributed by atoms with Crippen LogP contribution in [-0.2, 0) is 9.53 Å². The zero-order valence-corrected chi connectivity index (χ0v) is 20.6. The number of thiazole rings is 1. The molecular formula is C24H24N2O5S2. The minimum atomic E-state index is -0.707. The summed E-state index contributed by atoms with van der Waals surface area (Å²) in [7, 11) is 2.88. The van der Waals surface area contributed by atoms with Gasteiger partial charge in [-0.15, -0.1) is 11.3 Å². The quantitative estimate of drug-likeness (QED) is 0.502. The summed E-state index contributed by atoms with van der Waals surface area (Å²) in [4.78, 5) is 32.4. The van der Waals surface area contributed by atoms with Crippen LogP contribution in [0.15, 0.2) is 56.8 Å². The third kappa shape index (κ3) is 4.38. The molecule has 0 aliphatic carbocycles. The van der Waals surface area contributed by atoms with E-state index in [0.717, 1.165) is 4.88 Å². The molecule has 2 aromatic heterocycles. The van der Waals surface area contributed by atoms with Crippen LogP contribution in [0.25, 0.3) is 6.08 Å². The Labute approximate surface area is 198 Å². The number of thiophene rings is 1. The van der Waals surface area contributed by atoms with Gasteiger partial charge in [0.15, 0.2) is 16.3 Å². The Hall–Kier alpha value is -3.17. The van der Waals surface area contributed by atoms with E-state index >= 15 is 0 Å². The second-order valence-electron chi connectivity index (χ2n) is 7.67. The van der Waals surface area contributed by atoms with E-state index in [9.17, 15) is 9.59 Å². The zero-order valence-electron chi connectivity index (χ0n) is 18.9. The van der Waals surface area contributed by atoms with Crippen LogP contribution >= 0.6 is 22.7 Å². The average Bonchev–Trinajstić information content (AvgIpc) is 3.40. The maximum absolute atomic E-state index is 13.5. The van der Waals surface area contributed by atoms with Crippen LogP contribution in [0.2, 0.25) is 0 Å². The van der Waals surface area contributed by atoms with Crippen LogP contribution in [-0.4, -0.2) is 30.9 Å². The van der Waals surface area contributed by atoms with Crippen LogP contribution in [0.1, 0.15) is 37.3 Å². The molecule has 0 bridgehead atoms. The molecule has 0 amide bonds. The first-order chi connectivity index (χ1) is 15.8. The minimum absolute atomic E-state index is 0.0348. The second-order valence-corrected chi connectivity index (χ2v) is 9.65. The standard InChI is InChI=1S/C24H24N2O5S2/c1-13(2)31-17-9-8-15(11-18(17)29-4)21-20(23(28)30-5)14(3)25-24-26(21)22(27)19(33-24)12-16-7-6-10-32-16/h6-13,21H,1-5H3/b19-12+. The third-order valence-electron chi connectivity index (χ3n) is 5.11. The van der Waals surface area contributed by atoms with Gasteiger partial charge in [0.1, 0.15) is 0 Å². The van der Waals surface area contributed by atoms with Crippen LogP contribution in [0.5, 0.6) is 11.5 Å². The fraction of sp³-hybridized carbons (Fsp3) is 0.292. The lowest BCUT2D eigenvalue weighted by molar-refractivity contribution is -0.136. The molecular weight excluding hydrogens is 460 g/mol. The summed E-state index contributed by atoms with van der Waals surface area (Å²) in [6.45, 7) is 5.61. The number of benzene rings is 1. The molecule has 1 aromatic carbocycles. The van der Waals surface area contributed by atoms with Crippen molar-refractivity contribution in [3.63, 3.8) is 0 Å². The van der Waals surface area contributed by atoms with Crippen molar-refractivity contribution in [2.75, 3.05) is 14.2 Å². The molecule has 1 atom stereocenters. The molecule has 7 nitrogen and oxygen atoms in total. The highest BCUT2D eigenvalue weighted by Gasteiger charge is 2.33. The van der Waals surface area contributed by atoms with Crippen molar-refractivity contribution in [1.82, 2.24) is 4.57 Å².